The lowest BCUT2D eigenvalue weighted by molar-refractivity contribution is -0.116. The second kappa shape index (κ2) is 1.95. The SMILES string of the molecule is C[C@]12CC(=O)C=C1CC[C@@H]2O. The van der Waals surface area contributed by atoms with Gasteiger partial charge in [0.2, 0.25) is 0 Å². The van der Waals surface area contributed by atoms with Gasteiger partial charge in [-0.3, -0.25) is 4.79 Å². The van der Waals surface area contributed by atoms with Crippen LogP contribution in [-0.2, 0) is 4.79 Å². The molecule has 0 unspecified atom stereocenters. The molecule has 0 saturated heterocycles. The molecule has 1 fully saturated rings. The van der Waals surface area contributed by atoms with Crippen LogP contribution in [-0.4, -0.2) is 17.0 Å². The van der Waals surface area contributed by atoms with Crippen LogP contribution in [0.1, 0.15) is 26.2 Å². The van der Waals surface area contributed by atoms with Gasteiger partial charge in [0.1, 0.15) is 0 Å². The van der Waals surface area contributed by atoms with E-state index < -0.39 is 0 Å². The number of fused-ring (bicyclic) bond motifs is 1. The van der Waals surface area contributed by atoms with Gasteiger partial charge in [-0.15, -0.1) is 0 Å². The van der Waals surface area contributed by atoms with Crippen LogP contribution < -0.4 is 0 Å². The molecule has 0 aromatic heterocycles. The quantitative estimate of drug-likeness (QED) is 0.563. The Labute approximate surface area is 65.9 Å². The molecule has 2 atom stereocenters. The fourth-order valence-electron chi connectivity index (χ4n) is 2.19. The second-order valence-electron chi connectivity index (χ2n) is 3.78. The van der Waals surface area contributed by atoms with E-state index in [9.17, 15) is 9.90 Å². The zero-order chi connectivity index (χ0) is 8.06. The van der Waals surface area contributed by atoms with E-state index in [1.54, 1.807) is 6.08 Å². The number of carbonyl (C=O) groups excluding carboxylic acids is 1. The smallest absolute Gasteiger partial charge is 0.156 e. The van der Waals surface area contributed by atoms with Crippen molar-refractivity contribution in [1.29, 1.82) is 0 Å². The minimum atomic E-state index is -0.291. The van der Waals surface area contributed by atoms with E-state index in [0.717, 1.165) is 18.4 Å². The number of ketones is 1. The molecule has 0 aromatic rings. The van der Waals surface area contributed by atoms with Gasteiger partial charge in [0.05, 0.1) is 6.10 Å². The van der Waals surface area contributed by atoms with Gasteiger partial charge in [-0.2, -0.15) is 0 Å². The summed E-state index contributed by atoms with van der Waals surface area (Å²) in [6.07, 6.45) is 3.68. The Bertz CT molecular complexity index is 242. The van der Waals surface area contributed by atoms with E-state index in [4.69, 9.17) is 0 Å². The third-order valence-electron chi connectivity index (χ3n) is 3.03. The maximum atomic E-state index is 11.0. The minimum absolute atomic E-state index is 0.182. The number of aliphatic hydroxyl groups is 1. The van der Waals surface area contributed by atoms with Crippen LogP contribution in [0.4, 0.5) is 0 Å². The number of rotatable bonds is 0. The van der Waals surface area contributed by atoms with Crippen molar-refractivity contribution in [3.8, 4) is 0 Å². The highest BCUT2D eigenvalue weighted by molar-refractivity contribution is 5.94. The monoisotopic (exact) mass is 152 g/mol. The molecule has 11 heavy (non-hydrogen) atoms. The first kappa shape index (κ1) is 7.04. The van der Waals surface area contributed by atoms with Gasteiger partial charge in [0, 0.05) is 11.8 Å². The molecule has 2 nitrogen and oxygen atoms in total. The van der Waals surface area contributed by atoms with Crippen molar-refractivity contribution >= 4 is 5.78 Å². The first-order chi connectivity index (χ1) is 5.13. The standard InChI is InChI=1S/C9H12O2/c1-9-5-7(10)4-6(9)2-3-8(9)11/h4,8,11H,2-3,5H2,1H3/t8-,9-/m0/s1. The second-order valence-corrected chi connectivity index (χ2v) is 3.78. The predicted molar refractivity (Wildman–Crippen MR) is 41.1 cm³/mol. The highest BCUT2D eigenvalue weighted by Gasteiger charge is 2.46. The Kier molecular flexibility index (Phi) is 1.25. The van der Waals surface area contributed by atoms with Crippen molar-refractivity contribution < 1.29 is 9.90 Å². The molecule has 0 spiro atoms. The summed E-state index contributed by atoms with van der Waals surface area (Å²) in [4.78, 5) is 11.0. The average Bonchev–Trinajstić information content (AvgIpc) is 2.32. The summed E-state index contributed by atoms with van der Waals surface area (Å²) in [6, 6.07) is 0. The van der Waals surface area contributed by atoms with Gasteiger partial charge in [-0.25, -0.2) is 0 Å². The zero-order valence-corrected chi connectivity index (χ0v) is 6.63. The minimum Gasteiger partial charge on any atom is -0.392 e. The lowest BCUT2D eigenvalue weighted by Crippen LogP contribution is -2.26. The topological polar surface area (TPSA) is 37.3 Å². The molecule has 60 valence electrons. The van der Waals surface area contributed by atoms with E-state index in [1.165, 1.54) is 0 Å². The van der Waals surface area contributed by atoms with Crippen LogP contribution in [0, 0.1) is 5.41 Å². The van der Waals surface area contributed by atoms with Crippen LogP contribution in [0.2, 0.25) is 0 Å². The largest absolute Gasteiger partial charge is 0.392 e. The number of allylic oxidation sites excluding steroid dienone is 1. The van der Waals surface area contributed by atoms with Crippen LogP contribution in [0.5, 0.6) is 0 Å². The third-order valence-corrected chi connectivity index (χ3v) is 3.03. The molecule has 0 heterocycles. The molecule has 0 radical (unpaired) electrons. The van der Waals surface area contributed by atoms with E-state index in [0.29, 0.717) is 6.42 Å². The van der Waals surface area contributed by atoms with Crippen molar-refractivity contribution in [2.45, 2.75) is 32.3 Å². The molecule has 0 bridgehead atoms. The van der Waals surface area contributed by atoms with E-state index in [-0.39, 0.29) is 17.3 Å². The van der Waals surface area contributed by atoms with Gasteiger partial charge in [0.25, 0.3) is 0 Å². The van der Waals surface area contributed by atoms with Crippen LogP contribution in [0.25, 0.3) is 0 Å². The number of aliphatic hydroxyl groups excluding tert-OH is 1. The van der Waals surface area contributed by atoms with Gasteiger partial charge in [0.15, 0.2) is 5.78 Å². The van der Waals surface area contributed by atoms with E-state index >= 15 is 0 Å². The molecule has 2 heteroatoms. The number of hydrogen-bond acceptors (Lipinski definition) is 2. The lowest BCUT2D eigenvalue weighted by Gasteiger charge is -2.24. The summed E-state index contributed by atoms with van der Waals surface area (Å²) in [5.74, 6) is 0.182. The van der Waals surface area contributed by atoms with E-state index in [2.05, 4.69) is 0 Å². The van der Waals surface area contributed by atoms with Crippen molar-refractivity contribution in [1.82, 2.24) is 0 Å². The molecule has 2 rings (SSSR count). The van der Waals surface area contributed by atoms with Crippen molar-refractivity contribution in [2.24, 2.45) is 5.41 Å². The molecule has 0 aliphatic heterocycles. The Balaban J connectivity index is 2.39. The van der Waals surface area contributed by atoms with Crippen molar-refractivity contribution in [2.75, 3.05) is 0 Å². The predicted octanol–water partition coefficient (Wildman–Crippen LogP) is 1.05. The van der Waals surface area contributed by atoms with Crippen LogP contribution in [0.15, 0.2) is 11.6 Å². The van der Waals surface area contributed by atoms with Gasteiger partial charge < -0.3 is 5.11 Å². The fraction of sp³-hybridized carbons (Fsp3) is 0.667. The van der Waals surface area contributed by atoms with Gasteiger partial charge in [-0.1, -0.05) is 12.5 Å². The maximum absolute atomic E-state index is 11.0. The summed E-state index contributed by atoms with van der Waals surface area (Å²) >= 11 is 0. The highest BCUT2D eigenvalue weighted by Crippen LogP contribution is 2.49. The highest BCUT2D eigenvalue weighted by atomic mass is 16.3. The molecule has 0 amide bonds. The lowest BCUT2D eigenvalue weighted by atomic mass is 9.83. The maximum Gasteiger partial charge on any atom is 0.156 e. The fourth-order valence-corrected chi connectivity index (χ4v) is 2.19. The molecule has 0 aromatic carbocycles. The molecule has 1 saturated carbocycles. The summed E-state index contributed by atoms with van der Waals surface area (Å²) in [7, 11) is 0. The Morgan fingerprint density at radius 2 is 2.45 bits per heavy atom. The summed E-state index contributed by atoms with van der Waals surface area (Å²) in [5, 5.41) is 9.58. The molecule has 2 aliphatic rings. The third kappa shape index (κ3) is 0.791. The van der Waals surface area contributed by atoms with Crippen LogP contribution >= 0.6 is 0 Å². The number of hydrogen-bond donors (Lipinski definition) is 1. The normalized spacial score (nSPS) is 42.5. The number of carbonyl (C=O) groups is 1. The van der Waals surface area contributed by atoms with Crippen molar-refractivity contribution in [3.05, 3.63) is 11.6 Å². The Morgan fingerprint density at radius 3 is 3.09 bits per heavy atom. The molecular formula is C9H12O2. The molecular weight excluding hydrogens is 140 g/mol. The summed E-state index contributed by atoms with van der Waals surface area (Å²) in [6.45, 7) is 1.99. The Morgan fingerprint density at radius 1 is 1.73 bits per heavy atom. The van der Waals surface area contributed by atoms with Crippen molar-refractivity contribution in [3.63, 3.8) is 0 Å². The average molecular weight is 152 g/mol. The summed E-state index contributed by atoms with van der Waals surface area (Å²) < 4.78 is 0. The van der Waals surface area contributed by atoms with E-state index in [1.807, 2.05) is 6.92 Å². The van der Waals surface area contributed by atoms with Crippen LogP contribution in [0.3, 0.4) is 0 Å². The zero-order valence-electron chi connectivity index (χ0n) is 6.63. The Hall–Kier alpha value is -0.630. The molecule has 2 aliphatic carbocycles. The first-order valence-corrected chi connectivity index (χ1v) is 4.05. The first-order valence-electron chi connectivity index (χ1n) is 4.05. The molecule has 1 N–H and O–H groups in total. The van der Waals surface area contributed by atoms with Gasteiger partial charge >= 0.3 is 0 Å². The summed E-state index contributed by atoms with van der Waals surface area (Å²) in [5.41, 5.74) is 0.965. The van der Waals surface area contributed by atoms with Gasteiger partial charge in [-0.05, 0) is 18.9 Å².